The third-order valence-electron chi connectivity index (χ3n) is 10.4. The molecule has 4 aromatic rings. The van der Waals surface area contributed by atoms with Crippen LogP contribution in [0.3, 0.4) is 0 Å². The molecule has 16 heteroatoms. The molecule has 13 nitrogen and oxygen atoms in total. The van der Waals surface area contributed by atoms with Gasteiger partial charge < -0.3 is 34.7 Å². The summed E-state index contributed by atoms with van der Waals surface area (Å²) in [6.07, 6.45) is -1.83. The van der Waals surface area contributed by atoms with E-state index in [4.69, 9.17) is 13.9 Å². The zero-order valence-corrected chi connectivity index (χ0v) is 31.4. The SMILES string of the molecule is COc1cncc(-c2cnc(C(C)(C)N3CCN(C[C@@H](O)C[C@@H](Cc4ccccc4)C(=O)NC4c5ccccc5OC[C@H]4O)[C@H](C(=O)NCC(F)(F)F)C3)o2)c1. The molecule has 300 valence electrons. The van der Waals surface area contributed by atoms with E-state index in [0.29, 0.717) is 40.8 Å². The highest BCUT2D eigenvalue weighted by Crippen LogP contribution is 2.35. The van der Waals surface area contributed by atoms with Crippen LogP contribution in [-0.4, -0.2) is 113 Å². The first-order valence-electron chi connectivity index (χ1n) is 18.4. The number of β-amino-alcohol motifs (C(OH)–C–C–N with tert-alkyl or cyclic N) is 1. The van der Waals surface area contributed by atoms with Crippen molar-refractivity contribution in [2.45, 2.75) is 62.7 Å². The van der Waals surface area contributed by atoms with Gasteiger partial charge in [-0.1, -0.05) is 48.5 Å². The first kappa shape index (κ1) is 40.6. The Bertz CT molecular complexity index is 1940. The minimum Gasteiger partial charge on any atom is -0.495 e. The molecule has 2 aromatic carbocycles. The van der Waals surface area contributed by atoms with Gasteiger partial charge in [-0.25, -0.2) is 4.98 Å². The number of carbonyl (C=O) groups is 2. The molecule has 1 unspecified atom stereocenters. The second-order valence-corrected chi connectivity index (χ2v) is 14.7. The normalized spacial score (nSPS) is 20.3. The summed E-state index contributed by atoms with van der Waals surface area (Å²) < 4.78 is 56.9. The molecule has 0 saturated carbocycles. The van der Waals surface area contributed by atoms with Crippen molar-refractivity contribution in [1.29, 1.82) is 0 Å². The number of nitrogens with zero attached hydrogens (tertiary/aromatic N) is 4. The summed E-state index contributed by atoms with van der Waals surface area (Å²) in [7, 11) is 1.52. The van der Waals surface area contributed by atoms with Gasteiger partial charge in [0.2, 0.25) is 17.7 Å². The van der Waals surface area contributed by atoms with Crippen LogP contribution < -0.4 is 20.1 Å². The van der Waals surface area contributed by atoms with Gasteiger partial charge in [0.05, 0.1) is 37.2 Å². The Morgan fingerprint density at radius 2 is 1.80 bits per heavy atom. The van der Waals surface area contributed by atoms with Crippen LogP contribution in [0.15, 0.2) is 83.7 Å². The minimum absolute atomic E-state index is 0.00316. The number of benzene rings is 2. The van der Waals surface area contributed by atoms with E-state index >= 15 is 0 Å². The number of pyridine rings is 1. The number of oxazole rings is 1. The first-order chi connectivity index (χ1) is 26.7. The van der Waals surface area contributed by atoms with E-state index in [9.17, 15) is 33.0 Å². The second-order valence-electron chi connectivity index (χ2n) is 14.7. The number of halogens is 3. The Morgan fingerprint density at radius 3 is 2.55 bits per heavy atom. The van der Waals surface area contributed by atoms with Gasteiger partial charge in [0.15, 0.2) is 5.76 Å². The van der Waals surface area contributed by atoms with Crippen LogP contribution in [0.1, 0.15) is 43.3 Å². The summed E-state index contributed by atoms with van der Waals surface area (Å²) in [5.74, 6) is -0.160. The van der Waals surface area contributed by atoms with Crippen molar-refractivity contribution in [2.24, 2.45) is 5.92 Å². The lowest BCUT2D eigenvalue weighted by molar-refractivity contribution is -0.144. The van der Waals surface area contributed by atoms with E-state index < -0.39 is 60.3 Å². The van der Waals surface area contributed by atoms with Crippen molar-refractivity contribution in [3.63, 3.8) is 0 Å². The number of rotatable bonds is 14. The summed E-state index contributed by atoms with van der Waals surface area (Å²) >= 11 is 0. The Hall–Kier alpha value is -5.03. The van der Waals surface area contributed by atoms with Crippen molar-refractivity contribution in [3.05, 3.63) is 96.3 Å². The quantitative estimate of drug-likeness (QED) is 0.147. The smallest absolute Gasteiger partial charge is 0.405 e. The fourth-order valence-electron chi connectivity index (χ4n) is 7.24. The van der Waals surface area contributed by atoms with Gasteiger partial charge in [-0.3, -0.25) is 24.4 Å². The molecule has 2 amide bonds. The van der Waals surface area contributed by atoms with E-state index in [1.165, 1.54) is 7.11 Å². The Kier molecular flexibility index (Phi) is 12.6. The molecule has 6 rings (SSSR count). The first-order valence-corrected chi connectivity index (χ1v) is 18.4. The third kappa shape index (κ3) is 9.85. The second kappa shape index (κ2) is 17.4. The summed E-state index contributed by atoms with van der Waals surface area (Å²) in [5, 5.41) is 27.4. The van der Waals surface area contributed by atoms with Crippen molar-refractivity contribution in [3.8, 4) is 22.8 Å². The number of fused-ring (bicyclic) bond motifs is 1. The Morgan fingerprint density at radius 1 is 1.05 bits per heavy atom. The van der Waals surface area contributed by atoms with E-state index in [0.717, 1.165) is 5.56 Å². The minimum atomic E-state index is -4.63. The zero-order chi connectivity index (χ0) is 40.0. The number of amides is 2. The van der Waals surface area contributed by atoms with Gasteiger partial charge in [-0.05, 0) is 44.4 Å². The van der Waals surface area contributed by atoms with Crippen LogP contribution in [0, 0.1) is 5.92 Å². The number of nitrogens with one attached hydrogen (secondary N) is 2. The maximum atomic E-state index is 14.0. The van der Waals surface area contributed by atoms with Gasteiger partial charge >= 0.3 is 6.18 Å². The number of aliphatic hydroxyl groups excluding tert-OH is 2. The summed E-state index contributed by atoms with van der Waals surface area (Å²) in [4.78, 5) is 39.7. The van der Waals surface area contributed by atoms with Crippen LogP contribution in [0.5, 0.6) is 11.5 Å². The number of alkyl halides is 3. The Labute approximate surface area is 322 Å². The molecule has 1 fully saturated rings. The molecule has 2 aliphatic rings. The van der Waals surface area contributed by atoms with Crippen LogP contribution in [-0.2, 0) is 21.5 Å². The number of aliphatic hydroxyl groups is 2. The molecule has 0 spiro atoms. The van der Waals surface area contributed by atoms with Gasteiger partial charge in [0.1, 0.15) is 36.8 Å². The van der Waals surface area contributed by atoms with Gasteiger partial charge in [-0.15, -0.1) is 0 Å². The summed E-state index contributed by atoms with van der Waals surface area (Å²) in [5.41, 5.74) is 1.22. The van der Waals surface area contributed by atoms with E-state index in [1.54, 1.807) is 53.8 Å². The van der Waals surface area contributed by atoms with Crippen molar-refractivity contribution in [1.82, 2.24) is 30.4 Å². The van der Waals surface area contributed by atoms with Gasteiger partial charge in [-0.2, -0.15) is 13.2 Å². The summed E-state index contributed by atoms with van der Waals surface area (Å²) in [6.45, 7) is 2.65. The van der Waals surface area contributed by atoms with Crippen molar-refractivity contribution < 1.29 is 46.9 Å². The van der Waals surface area contributed by atoms with Crippen molar-refractivity contribution >= 4 is 11.8 Å². The maximum absolute atomic E-state index is 14.0. The fraction of sp³-hybridized carbons (Fsp3) is 0.450. The topological polar surface area (TPSA) is 163 Å². The lowest BCUT2D eigenvalue weighted by atomic mass is 9.90. The van der Waals surface area contributed by atoms with E-state index in [1.807, 2.05) is 54.4 Å². The molecule has 56 heavy (non-hydrogen) atoms. The average molecular weight is 781 g/mol. The van der Waals surface area contributed by atoms with Gasteiger partial charge in [0.25, 0.3) is 0 Å². The number of aromatic nitrogens is 2. The molecular formula is C40H47F3N6O7. The predicted molar refractivity (Wildman–Crippen MR) is 198 cm³/mol. The molecule has 4 N–H and O–H groups in total. The maximum Gasteiger partial charge on any atom is 0.405 e. The number of piperazine rings is 1. The van der Waals surface area contributed by atoms with Crippen LogP contribution in [0.25, 0.3) is 11.3 Å². The largest absolute Gasteiger partial charge is 0.495 e. The van der Waals surface area contributed by atoms with Gasteiger partial charge in [0, 0.05) is 49.4 Å². The highest BCUT2D eigenvalue weighted by molar-refractivity contribution is 5.82. The number of ether oxygens (including phenoxy) is 2. The number of hydrogen-bond donors (Lipinski definition) is 4. The molecule has 0 radical (unpaired) electrons. The van der Waals surface area contributed by atoms with E-state index in [2.05, 4.69) is 15.3 Å². The molecule has 5 atom stereocenters. The molecule has 0 aliphatic carbocycles. The van der Waals surface area contributed by atoms with Crippen molar-refractivity contribution in [2.75, 3.05) is 46.4 Å². The molecule has 2 aromatic heterocycles. The molecule has 4 heterocycles. The summed E-state index contributed by atoms with van der Waals surface area (Å²) in [6, 6.07) is 16.3. The predicted octanol–water partition coefficient (Wildman–Crippen LogP) is 3.87. The highest BCUT2D eigenvalue weighted by Gasteiger charge is 2.43. The van der Waals surface area contributed by atoms with E-state index in [-0.39, 0.29) is 39.1 Å². The lowest BCUT2D eigenvalue weighted by Crippen LogP contribution is -2.63. The van der Waals surface area contributed by atoms with Crippen LogP contribution in [0.4, 0.5) is 13.2 Å². The lowest BCUT2D eigenvalue weighted by Gasteiger charge is -2.46. The number of carbonyl (C=O) groups excluding carboxylic acids is 2. The molecule has 1 saturated heterocycles. The molecule has 0 bridgehead atoms. The highest BCUT2D eigenvalue weighted by atomic mass is 19.4. The van der Waals surface area contributed by atoms with Crippen LogP contribution in [0.2, 0.25) is 0 Å². The fourth-order valence-corrected chi connectivity index (χ4v) is 7.24. The molecular weight excluding hydrogens is 733 g/mol. The monoisotopic (exact) mass is 780 g/mol. The molecule has 2 aliphatic heterocycles. The van der Waals surface area contributed by atoms with Crippen LogP contribution >= 0.6 is 0 Å². The third-order valence-corrected chi connectivity index (χ3v) is 10.4. The number of hydrogen-bond acceptors (Lipinski definition) is 11. The standard InChI is InChI=1S/C40H47F3N6O7/c1-39(2,38-45-20-34(56-38)27-17-29(54-3)19-44-18-27)49-14-13-48(31(22-49)37(53)46-24-40(41,42)43)21-28(50)16-26(15-25-9-5-4-6-10-25)36(52)47-35-30-11-7-8-12-33(30)55-23-32(35)51/h4-12,17-20,26,28,31-32,35,50-51H,13-16,21-24H2,1-3H3,(H,46,53)(H,47,52)/t26-,28+,31+,32-,35?/m1/s1. The number of para-hydroxylation sites is 1. The number of methoxy groups -OCH3 is 1. The zero-order valence-electron chi connectivity index (χ0n) is 31.4. The average Bonchev–Trinajstić information content (AvgIpc) is 3.70. The Balaban J connectivity index is 1.19.